The van der Waals surface area contributed by atoms with E-state index in [-0.39, 0.29) is 54.6 Å². The van der Waals surface area contributed by atoms with Gasteiger partial charge < -0.3 is 34.9 Å². The molecular formula is C23H25N3O7. The summed E-state index contributed by atoms with van der Waals surface area (Å²) in [6.07, 6.45) is -0.962. The molecule has 1 aromatic rings. The molecule has 1 aliphatic carbocycles. The third-order valence-electron chi connectivity index (χ3n) is 6.71. The van der Waals surface area contributed by atoms with E-state index >= 15 is 0 Å². The Morgan fingerprint density at radius 2 is 1.91 bits per heavy atom. The van der Waals surface area contributed by atoms with Crippen molar-refractivity contribution in [3.8, 4) is 5.75 Å². The van der Waals surface area contributed by atoms with Gasteiger partial charge in [-0.3, -0.25) is 9.59 Å². The number of allylic oxidation sites excluding steroid dienone is 2. The number of amides is 1. The van der Waals surface area contributed by atoms with Crippen LogP contribution in [-0.2, 0) is 23.8 Å². The van der Waals surface area contributed by atoms with Crippen molar-refractivity contribution in [2.45, 2.75) is 24.7 Å². The van der Waals surface area contributed by atoms with Gasteiger partial charge >= 0.3 is 6.09 Å². The fourth-order valence-corrected chi connectivity index (χ4v) is 5.26. The number of hydrogen-bond donors (Lipinski definition) is 2. The van der Waals surface area contributed by atoms with Gasteiger partial charge in [0.2, 0.25) is 11.6 Å². The highest BCUT2D eigenvalue weighted by atomic mass is 16.6. The maximum absolute atomic E-state index is 13.6. The van der Waals surface area contributed by atoms with Crippen LogP contribution in [0.15, 0.2) is 52.9 Å². The fraction of sp³-hybridized carbons (Fsp3) is 0.435. The zero-order chi connectivity index (χ0) is 23.3. The second-order valence-electron chi connectivity index (χ2n) is 8.38. The molecule has 10 nitrogen and oxygen atoms in total. The van der Waals surface area contributed by atoms with E-state index in [9.17, 15) is 14.4 Å². The monoisotopic (exact) mass is 455 g/mol. The van der Waals surface area contributed by atoms with Crippen LogP contribution in [-0.4, -0.2) is 73.8 Å². The van der Waals surface area contributed by atoms with Crippen molar-refractivity contribution in [2.24, 2.45) is 11.7 Å². The molecule has 10 heteroatoms. The summed E-state index contributed by atoms with van der Waals surface area (Å²) in [6, 6.07) is 9.25. The minimum absolute atomic E-state index is 0.0211. The molecule has 5 rings (SSSR count). The normalized spacial score (nSPS) is 29.6. The Labute approximate surface area is 190 Å². The third kappa shape index (κ3) is 3.20. The Hall–Kier alpha value is -3.37. The third-order valence-corrected chi connectivity index (χ3v) is 6.71. The Balaban J connectivity index is 1.39. The number of carbonyl (C=O) groups excluding carboxylic acids is 3. The first-order valence-electron chi connectivity index (χ1n) is 10.8. The first-order chi connectivity index (χ1) is 15.9. The number of rotatable bonds is 8. The van der Waals surface area contributed by atoms with Crippen LogP contribution in [0.2, 0.25) is 0 Å². The predicted molar refractivity (Wildman–Crippen MR) is 114 cm³/mol. The van der Waals surface area contributed by atoms with Crippen molar-refractivity contribution in [1.82, 2.24) is 10.2 Å². The molecule has 0 radical (unpaired) electrons. The topological polar surface area (TPSA) is 139 Å². The lowest BCUT2D eigenvalue weighted by molar-refractivity contribution is -0.137. The summed E-state index contributed by atoms with van der Waals surface area (Å²) in [5.41, 5.74) is 4.94. The van der Waals surface area contributed by atoms with Crippen molar-refractivity contribution >= 4 is 17.7 Å². The Morgan fingerprint density at radius 1 is 1.18 bits per heavy atom. The number of nitrogens with zero attached hydrogens (tertiary/aromatic N) is 1. The number of piperazine rings is 1. The molecule has 2 fully saturated rings. The van der Waals surface area contributed by atoms with Crippen LogP contribution in [0.25, 0.3) is 0 Å². The summed E-state index contributed by atoms with van der Waals surface area (Å²) in [5, 5.41) is 3.32. The number of ketones is 2. The molecule has 3 heterocycles. The lowest BCUT2D eigenvalue weighted by Gasteiger charge is -2.39. The van der Waals surface area contributed by atoms with Gasteiger partial charge in [0.25, 0.3) is 0 Å². The highest BCUT2D eigenvalue weighted by Crippen LogP contribution is 2.55. The lowest BCUT2D eigenvalue weighted by Crippen LogP contribution is -2.55. The van der Waals surface area contributed by atoms with E-state index in [1.807, 2.05) is 35.2 Å². The smallest absolute Gasteiger partial charge is 0.404 e. The first-order valence-corrected chi connectivity index (χ1v) is 10.8. The number of benzene rings is 1. The molecule has 4 aliphatic rings. The van der Waals surface area contributed by atoms with Crippen LogP contribution in [0.3, 0.4) is 0 Å². The van der Waals surface area contributed by atoms with Gasteiger partial charge in [-0.2, -0.15) is 0 Å². The highest BCUT2D eigenvalue weighted by Gasteiger charge is 2.72. The van der Waals surface area contributed by atoms with E-state index in [0.29, 0.717) is 18.0 Å². The van der Waals surface area contributed by atoms with Gasteiger partial charge in [-0.1, -0.05) is 18.2 Å². The zero-order valence-corrected chi connectivity index (χ0v) is 18.3. The van der Waals surface area contributed by atoms with Crippen LogP contribution in [0.4, 0.5) is 4.79 Å². The minimum Gasteiger partial charge on any atom is -0.490 e. The summed E-state index contributed by atoms with van der Waals surface area (Å²) in [5.74, 6) is -0.752. The number of para-hydroxylation sites is 1. The van der Waals surface area contributed by atoms with Gasteiger partial charge in [-0.15, -0.1) is 0 Å². The molecule has 1 amide bonds. The number of methoxy groups -OCH3 is 1. The molecule has 3 unspecified atom stereocenters. The zero-order valence-electron chi connectivity index (χ0n) is 18.3. The number of nitrogens with two attached hydrogens (primary N) is 1. The molecule has 2 saturated heterocycles. The number of Topliss-reactive ketones (excluding diaryl/α,β-unsaturated/α-hetero) is 2. The van der Waals surface area contributed by atoms with Crippen LogP contribution in [0, 0.1) is 5.92 Å². The summed E-state index contributed by atoms with van der Waals surface area (Å²) in [6.45, 7) is 2.18. The van der Waals surface area contributed by atoms with E-state index in [1.54, 1.807) is 6.92 Å². The molecule has 0 aromatic heterocycles. The number of fused-ring (bicyclic) bond motifs is 4. The lowest BCUT2D eigenvalue weighted by atomic mass is 9.83. The van der Waals surface area contributed by atoms with Gasteiger partial charge in [-0.25, -0.2) is 4.79 Å². The standard InChI is InChI=1S/C23H25N3O7/c1-12-18(27)17-16(19(28)20(12)32-9-8-31-13-6-4-3-5-7-13)14(11-33-22(24)29)23(30-2)21-15(25-21)10-26(17)23/h3-7,14-15,21,25H,8-11H2,1-2H3,(H2,24,29)/t14?,15?,21?,23-/m1/s1. The molecule has 4 atom stereocenters. The molecule has 0 bridgehead atoms. The summed E-state index contributed by atoms with van der Waals surface area (Å²) < 4.78 is 22.4. The predicted octanol–water partition coefficient (Wildman–Crippen LogP) is 0.486. The highest BCUT2D eigenvalue weighted by molar-refractivity contribution is 6.25. The van der Waals surface area contributed by atoms with Gasteiger partial charge in [0.1, 0.15) is 25.6 Å². The van der Waals surface area contributed by atoms with Gasteiger partial charge in [0.15, 0.2) is 11.5 Å². The Morgan fingerprint density at radius 3 is 2.61 bits per heavy atom. The number of nitrogens with one attached hydrogen (secondary N) is 1. The average molecular weight is 455 g/mol. The fourth-order valence-electron chi connectivity index (χ4n) is 5.26. The van der Waals surface area contributed by atoms with Gasteiger partial charge in [-0.05, 0) is 19.1 Å². The van der Waals surface area contributed by atoms with Crippen LogP contribution in [0.5, 0.6) is 5.75 Å². The molecule has 0 saturated carbocycles. The molecule has 3 aliphatic heterocycles. The van der Waals surface area contributed by atoms with E-state index in [0.717, 1.165) is 0 Å². The molecule has 174 valence electrons. The number of hydrogen-bond acceptors (Lipinski definition) is 9. The summed E-state index contributed by atoms with van der Waals surface area (Å²) in [4.78, 5) is 40.2. The van der Waals surface area contributed by atoms with Crippen molar-refractivity contribution in [1.29, 1.82) is 0 Å². The maximum Gasteiger partial charge on any atom is 0.404 e. The number of ether oxygens (including phenoxy) is 4. The second-order valence-corrected chi connectivity index (χ2v) is 8.38. The van der Waals surface area contributed by atoms with Crippen molar-refractivity contribution < 1.29 is 33.3 Å². The van der Waals surface area contributed by atoms with Crippen LogP contribution < -0.4 is 15.8 Å². The Bertz CT molecular complexity index is 1080. The molecule has 1 aromatic carbocycles. The Kier molecular flexibility index (Phi) is 5.13. The largest absolute Gasteiger partial charge is 0.490 e. The first kappa shape index (κ1) is 21.5. The average Bonchev–Trinajstić information content (AvgIpc) is 3.42. The van der Waals surface area contributed by atoms with Gasteiger partial charge in [0, 0.05) is 30.8 Å². The summed E-state index contributed by atoms with van der Waals surface area (Å²) in [7, 11) is 1.53. The second kappa shape index (κ2) is 7.89. The van der Waals surface area contributed by atoms with Gasteiger partial charge in [0.05, 0.1) is 17.7 Å². The van der Waals surface area contributed by atoms with E-state index in [2.05, 4.69) is 5.32 Å². The van der Waals surface area contributed by atoms with Crippen molar-refractivity contribution in [3.05, 3.63) is 52.9 Å². The van der Waals surface area contributed by atoms with Crippen LogP contribution in [0.1, 0.15) is 6.92 Å². The van der Waals surface area contributed by atoms with Crippen molar-refractivity contribution in [2.75, 3.05) is 33.5 Å². The minimum atomic E-state index is -1.01. The summed E-state index contributed by atoms with van der Waals surface area (Å²) >= 11 is 0. The maximum atomic E-state index is 13.6. The molecule has 33 heavy (non-hydrogen) atoms. The van der Waals surface area contributed by atoms with Crippen LogP contribution >= 0.6 is 0 Å². The molecule has 3 N–H and O–H groups in total. The SMILES string of the molecule is CO[C@@]12C(COC(N)=O)C3=C(C(=O)C(C)=C(OCCOc4ccccc4)C3=O)N1CC1NC12. The van der Waals surface area contributed by atoms with E-state index < -0.39 is 23.5 Å². The van der Waals surface area contributed by atoms with E-state index in [1.165, 1.54) is 7.11 Å². The van der Waals surface area contributed by atoms with E-state index in [4.69, 9.17) is 24.7 Å². The molecular weight excluding hydrogens is 430 g/mol. The number of carbonyl (C=O) groups is 3. The number of primary amides is 1. The quantitative estimate of drug-likeness (QED) is 0.325. The van der Waals surface area contributed by atoms with Crippen molar-refractivity contribution in [3.63, 3.8) is 0 Å². The molecule has 0 spiro atoms.